The number of hydrogen-bond donors (Lipinski definition) is 3. The summed E-state index contributed by atoms with van der Waals surface area (Å²) in [5.41, 5.74) is 3.78. The van der Waals surface area contributed by atoms with Gasteiger partial charge in [-0.2, -0.15) is 13.2 Å². The molecule has 0 bridgehead atoms. The number of alkyl halides is 3. The lowest BCUT2D eigenvalue weighted by molar-refractivity contribution is -0.136. The highest BCUT2D eigenvalue weighted by molar-refractivity contribution is 6.30. The number of halogens is 4. The first-order valence-electron chi connectivity index (χ1n) is 15.1. The third kappa shape index (κ3) is 10.5. The monoisotopic (exact) mass is 642 g/mol. The number of aliphatic imine (C=N–C) groups is 1. The molecule has 11 heteroatoms. The van der Waals surface area contributed by atoms with Gasteiger partial charge in [-0.05, 0) is 78.8 Å². The van der Waals surface area contributed by atoms with Gasteiger partial charge in [-0.25, -0.2) is 4.99 Å². The molecule has 0 heterocycles. The number of carboxylic acid groups (broad SMARTS) is 1. The number of aliphatic carboxylic acids is 1. The second kappa shape index (κ2) is 15.8. The highest BCUT2D eigenvalue weighted by Crippen LogP contribution is 2.34. The molecule has 240 valence electrons. The van der Waals surface area contributed by atoms with Gasteiger partial charge in [0.15, 0.2) is 5.96 Å². The standard InChI is InChI=1S/C34H38ClF3N4O3/c1-23(25-11-15-29(35)16-12-25)41-33(40-22-34(36,37)38)42(30-17-13-27(14-18-30)26-5-3-2-4-6-26)21-24-7-9-28(10-8-24)32(45)39-20-19-31(43)44/h7-18,23,26H,2-6,19-22H2,1H3,(H,39,45)(H,40,41)(H,43,44). The number of benzene rings is 3. The van der Waals surface area contributed by atoms with E-state index in [0.29, 0.717) is 22.2 Å². The van der Waals surface area contributed by atoms with Crippen LogP contribution in [-0.2, 0) is 11.3 Å². The molecule has 1 fully saturated rings. The fourth-order valence-corrected chi connectivity index (χ4v) is 5.51. The Kier molecular flexibility index (Phi) is 11.9. The predicted octanol–water partition coefficient (Wildman–Crippen LogP) is 7.87. The maximum atomic E-state index is 13.5. The molecule has 7 nitrogen and oxygen atoms in total. The zero-order chi connectivity index (χ0) is 32.4. The number of carboxylic acids is 1. The smallest absolute Gasteiger partial charge is 0.408 e. The average molecular weight is 643 g/mol. The van der Waals surface area contributed by atoms with Gasteiger partial charge in [0, 0.05) is 22.8 Å². The van der Waals surface area contributed by atoms with Crippen molar-refractivity contribution < 1.29 is 27.9 Å². The first kappa shape index (κ1) is 33.8. The largest absolute Gasteiger partial charge is 0.481 e. The first-order valence-corrected chi connectivity index (χ1v) is 15.5. The van der Waals surface area contributed by atoms with Crippen molar-refractivity contribution in [2.24, 2.45) is 4.99 Å². The van der Waals surface area contributed by atoms with Crippen LogP contribution in [0.4, 0.5) is 18.9 Å². The summed E-state index contributed by atoms with van der Waals surface area (Å²) in [6.07, 6.45) is 1.15. The Morgan fingerprint density at radius 2 is 1.62 bits per heavy atom. The van der Waals surface area contributed by atoms with Crippen LogP contribution in [0, 0.1) is 0 Å². The molecule has 0 spiro atoms. The minimum absolute atomic E-state index is 0.00293. The normalized spacial score (nSPS) is 14.9. The van der Waals surface area contributed by atoms with Crippen LogP contribution < -0.4 is 15.5 Å². The predicted molar refractivity (Wildman–Crippen MR) is 171 cm³/mol. The molecular weight excluding hydrogens is 605 g/mol. The van der Waals surface area contributed by atoms with Crippen LogP contribution in [-0.4, -0.2) is 42.2 Å². The molecule has 3 aromatic rings. The van der Waals surface area contributed by atoms with E-state index in [0.717, 1.165) is 24.0 Å². The summed E-state index contributed by atoms with van der Waals surface area (Å²) in [6.45, 7) is 0.640. The molecule has 3 aromatic carbocycles. The summed E-state index contributed by atoms with van der Waals surface area (Å²) in [5.74, 6) is -0.907. The highest BCUT2D eigenvalue weighted by atomic mass is 35.5. The van der Waals surface area contributed by atoms with Crippen LogP contribution in [0.15, 0.2) is 77.8 Å². The maximum absolute atomic E-state index is 13.5. The topological polar surface area (TPSA) is 94.0 Å². The number of hydrogen-bond acceptors (Lipinski definition) is 3. The van der Waals surface area contributed by atoms with Gasteiger partial charge >= 0.3 is 12.1 Å². The van der Waals surface area contributed by atoms with Crippen molar-refractivity contribution in [2.45, 2.75) is 70.1 Å². The number of anilines is 1. The quantitative estimate of drug-likeness (QED) is 0.146. The van der Waals surface area contributed by atoms with E-state index in [-0.39, 0.29) is 25.5 Å². The lowest BCUT2D eigenvalue weighted by Crippen LogP contribution is -2.43. The van der Waals surface area contributed by atoms with Crippen LogP contribution in [0.5, 0.6) is 0 Å². The van der Waals surface area contributed by atoms with Crippen LogP contribution in [0.3, 0.4) is 0 Å². The van der Waals surface area contributed by atoms with E-state index in [1.54, 1.807) is 41.3 Å². The molecule has 1 unspecified atom stereocenters. The van der Waals surface area contributed by atoms with Crippen LogP contribution >= 0.6 is 11.6 Å². The summed E-state index contributed by atoms with van der Waals surface area (Å²) in [7, 11) is 0. The van der Waals surface area contributed by atoms with Crippen LogP contribution in [0.1, 0.15) is 84.5 Å². The maximum Gasteiger partial charge on any atom is 0.408 e. The summed E-state index contributed by atoms with van der Waals surface area (Å²) in [5, 5.41) is 15.1. The van der Waals surface area contributed by atoms with Gasteiger partial charge in [0.2, 0.25) is 0 Å². The van der Waals surface area contributed by atoms with Crippen molar-refractivity contribution in [3.05, 3.63) is 100 Å². The Labute approximate surface area is 266 Å². The van der Waals surface area contributed by atoms with Gasteiger partial charge in [-0.1, -0.05) is 67.3 Å². The molecule has 1 amide bonds. The Morgan fingerprint density at radius 1 is 0.978 bits per heavy atom. The minimum atomic E-state index is -4.51. The lowest BCUT2D eigenvalue weighted by Gasteiger charge is -2.30. The van der Waals surface area contributed by atoms with Crippen molar-refractivity contribution in [2.75, 3.05) is 18.0 Å². The molecule has 3 N–H and O–H groups in total. The molecule has 4 rings (SSSR count). The summed E-state index contributed by atoms with van der Waals surface area (Å²) in [4.78, 5) is 28.9. The van der Waals surface area contributed by atoms with Crippen molar-refractivity contribution in [1.82, 2.24) is 10.6 Å². The first-order chi connectivity index (χ1) is 21.5. The van der Waals surface area contributed by atoms with Crippen LogP contribution in [0.2, 0.25) is 5.02 Å². The molecule has 1 saturated carbocycles. The molecule has 1 atom stereocenters. The Hall–Kier alpha value is -4.05. The molecule has 0 radical (unpaired) electrons. The van der Waals surface area contributed by atoms with E-state index < -0.39 is 30.6 Å². The Balaban J connectivity index is 1.64. The number of rotatable bonds is 11. The number of nitrogens with zero attached hydrogens (tertiary/aromatic N) is 2. The molecule has 45 heavy (non-hydrogen) atoms. The molecule has 1 aliphatic carbocycles. The van der Waals surface area contributed by atoms with E-state index >= 15 is 0 Å². The number of amides is 1. The molecule has 0 saturated heterocycles. The van der Waals surface area contributed by atoms with Crippen molar-refractivity contribution in [1.29, 1.82) is 0 Å². The number of carbonyl (C=O) groups excluding carboxylic acids is 1. The molecule has 1 aliphatic rings. The molecular formula is C34H38ClF3N4O3. The van der Waals surface area contributed by atoms with Gasteiger partial charge in [0.05, 0.1) is 19.0 Å². The Bertz CT molecular complexity index is 1440. The van der Waals surface area contributed by atoms with E-state index in [2.05, 4.69) is 15.6 Å². The molecule has 0 aromatic heterocycles. The van der Waals surface area contributed by atoms with Gasteiger partial charge in [-0.3, -0.25) is 9.59 Å². The lowest BCUT2D eigenvalue weighted by atomic mass is 9.84. The number of nitrogens with one attached hydrogen (secondary N) is 2. The van der Waals surface area contributed by atoms with E-state index in [1.807, 2.05) is 43.3 Å². The van der Waals surface area contributed by atoms with Gasteiger partial charge in [0.1, 0.15) is 6.54 Å². The second-order valence-electron chi connectivity index (χ2n) is 11.3. The van der Waals surface area contributed by atoms with Crippen LogP contribution in [0.25, 0.3) is 0 Å². The minimum Gasteiger partial charge on any atom is -0.481 e. The zero-order valence-corrected chi connectivity index (χ0v) is 25.9. The van der Waals surface area contributed by atoms with Crippen molar-refractivity contribution in [3.8, 4) is 0 Å². The molecule has 0 aliphatic heterocycles. The SMILES string of the molecule is CC(N/C(=N/CC(F)(F)F)N(Cc1ccc(C(=O)NCCC(=O)O)cc1)c1ccc(C2CCCCC2)cc1)c1ccc(Cl)cc1. The van der Waals surface area contributed by atoms with Crippen molar-refractivity contribution >= 4 is 35.1 Å². The number of guanidine groups is 1. The third-order valence-electron chi connectivity index (χ3n) is 7.84. The zero-order valence-electron chi connectivity index (χ0n) is 25.1. The Morgan fingerprint density at radius 3 is 2.22 bits per heavy atom. The van der Waals surface area contributed by atoms with Gasteiger partial charge in [0.25, 0.3) is 5.91 Å². The fourth-order valence-electron chi connectivity index (χ4n) is 5.38. The number of carbonyl (C=O) groups is 2. The van der Waals surface area contributed by atoms with Gasteiger partial charge < -0.3 is 20.6 Å². The highest BCUT2D eigenvalue weighted by Gasteiger charge is 2.28. The van der Waals surface area contributed by atoms with Crippen molar-refractivity contribution in [3.63, 3.8) is 0 Å². The summed E-state index contributed by atoms with van der Waals surface area (Å²) in [6, 6.07) is 21.3. The van der Waals surface area contributed by atoms with E-state index in [1.165, 1.54) is 24.8 Å². The summed E-state index contributed by atoms with van der Waals surface area (Å²) < 4.78 is 40.5. The second-order valence-corrected chi connectivity index (χ2v) is 11.7. The average Bonchev–Trinajstić information content (AvgIpc) is 3.02. The summed E-state index contributed by atoms with van der Waals surface area (Å²) >= 11 is 6.05. The fraction of sp³-hybridized carbons (Fsp3) is 0.382. The van der Waals surface area contributed by atoms with E-state index in [4.69, 9.17) is 16.7 Å². The van der Waals surface area contributed by atoms with Gasteiger partial charge in [-0.15, -0.1) is 0 Å². The van der Waals surface area contributed by atoms with E-state index in [9.17, 15) is 22.8 Å². The third-order valence-corrected chi connectivity index (χ3v) is 8.09.